The molecule has 1 aromatic carbocycles. The first-order valence-corrected chi connectivity index (χ1v) is 9.22. The molecular formula is C20H25N5. The van der Waals surface area contributed by atoms with E-state index in [4.69, 9.17) is 0 Å². The van der Waals surface area contributed by atoms with Crippen LogP contribution in [0.5, 0.6) is 0 Å². The number of benzene rings is 1. The van der Waals surface area contributed by atoms with Crippen molar-refractivity contribution >= 4 is 11.2 Å². The van der Waals surface area contributed by atoms with Gasteiger partial charge in [0.05, 0.1) is 5.52 Å². The van der Waals surface area contributed by atoms with Crippen molar-refractivity contribution in [2.75, 3.05) is 26.2 Å². The molecule has 0 radical (unpaired) electrons. The Balaban J connectivity index is 1.30. The molecule has 1 fully saturated rings. The first-order valence-electron chi connectivity index (χ1n) is 9.22. The third-order valence-corrected chi connectivity index (χ3v) is 4.87. The normalized spacial score (nSPS) is 15.7. The summed E-state index contributed by atoms with van der Waals surface area (Å²) in [7, 11) is 0. The summed E-state index contributed by atoms with van der Waals surface area (Å²) in [6.07, 6.45) is 5.89. The molecule has 25 heavy (non-hydrogen) atoms. The van der Waals surface area contributed by atoms with Crippen molar-refractivity contribution in [1.82, 2.24) is 25.2 Å². The molecule has 3 aromatic rings. The van der Waals surface area contributed by atoms with Crippen molar-refractivity contribution in [2.45, 2.75) is 25.8 Å². The average molecular weight is 335 g/mol. The molecule has 1 saturated heterocycles. The third kappa shape index (κ3) is 4.06. The zero-order valence-electron chi connectivity index (χ0n) is 14.5. The number of aromatic amines is 1. The number of H-pyrrole nitrogens is 1. The fraction of sp³-hybridized carbons (Fsp3) is 0.400. The van der Waals surface area contributed by atoms with Crippen molar-refractivity contribution in [3.05, 3.63) is 48.2 Å². The van der Waals surface area contributed by atoms with Gasteiger partial charge in [0.1, 0.15) is 5.82 Å². The number of piperidine rings is 1. The Morgan fingerprint density at radius 3 is 2.68 bits per heavy atom. The Hall–Kier alpha value is -2.24. The predicted molar refractivity (Wildman–Crippen MR) is 101 cm³/mol. The van der Waals surface area contributed by atoms with Gasteiger partial charge in [-0.3, -0.25) is 0 Å². The van der Waals surface area contributed by atoms with Crippen molar-refractivity contribution in [3.8, 4) is 11.4 Å². The van der Waals surface area contributed by atoms with Crippen molar-refractivity contribution in [1.29, 1.82) is 0 Å². The van der Waals surface area contributed by atoms with Crippen LogP contribution in [-0.4, -0.2) is 46.0 Å². The van der Waals surface area contributed by atoms with Crippen molar-refractivity contribution in [3.63, 3.8) is 0 Å². The minimum atomic E-state index is 0.765. The lowest BCUT2D eigenvalue weighted by molar-refractivity contribution is 0.229. The lowest BCUT2D eigenvalue weighted by atomic mass is 10.1. The molecular weight excluding hydrogens is 310 g/mol. The molecule has 5 heteroatoms. The summed E-state index contributed by atoms with van der Waals surface area (Å²) in [4.78, 5) is 14.7. The molecule has 0 bridgehead atoms. The van der Waals surface area contributed by atoms with Crippen molar-refractivity contribution in [2.24, 2.45) is 0 Å². The molecule has 3 heterocycles. The van der Waals surface area contributed by atoms with Crippen LogP contribution in [0.2, 0.25) is 0 Å². The Bertz CT molecular complexity index is 769. The van der Waals surface area contributed by atoms with Gasteiger partial charge in [0, 0.05) is 31.4 Å². The molecule has 0 aliphatic carbocycles. The standard InChI is InChI=1S/C20H25N5/c1-2-12-25(13-3-1)14-11-21-15-16-6-8-17(9-7-16)19-23-18-5-4-10-22-20(18)24-19/h4-10,21H,1-3,11-15H2,(H,22,23,24). The average Bonchev–Trinajstić information content (AvgIpc) is 3.11. The summed E-state index contributed by atoms with van der Waals surface area (Å²) in [5, 5.41) is 3.55. The SMILES string of the molecule is c1cnc2nc(-c3ccc(CNCCN4CCCCC4)cc3)[nH]c2c1. The van der Waals surface area contributed by atoms with Gasteiger partial charge in [-0.15, -0.1) is 0 Å². The van der Waals surface area contributed by atoms with E-state index in [1.807, 2.05) is 12.1 Å². The predicted octanol–water partition coefficient (Wildman–Crippen LogP) is 3.20. The number of pyridine rings is 1. The molecule has 0 spiro atoms. The lowest BCUT2D eigenvalue weighted by Crippen LogP contribution is -2.35. The fourth-order valence-corrected chi connectivity index (χ4v) is 3.42. The van der Waals surface area contributed by atoms with E-state index >= 15 is 0 Å². The maximum Gasteiger partial charge on any atom is 0.178 e. The first kappa shape index (κ1) is 16.2. The van der Waals surface area contributed by atoms with E-state index < -0.39 is 0 Å². The van der Waals surface area contributed by atoms with Crippen LogP contribution in [0.15, 0.2) is 42.6 Å². The van der Waals surface area contributed by atoms with E-state index in [9.17, 15) is 0 Å². The van der Waals surface area contributed by atoms with Crippen LogP contribution in [-0.2, 0) is 6.54 Å². The highest BCUT2D eigenvalue weighted by Gasteiger charge is 2.09. The molecule has 0 unspecified atom stereocenters. The molecule has 2 N–H and O–H groups in total. The minimum absolute atomic E-state index is 0.765. The zero-order chi connectivity index (χ0) is 16.9. The van der Waals surface area contributed by atoms with Crippen molar-refractivity contribution < 1.29 is 0 Å². The zero-order valence-corrected chi connectivity index (χ0v) is 14.5. The quantitative estimate of drug-likeness (QED) is 0.679. The number of aromatic nitrogens is 3. The Labute approximate surface area is 148 Å². The molecule has 0 atom stereocenters. The minimum Gasteiger partial charge on any atom is -0.337 e. The molecule has 0 amide bonds. The Kier molecular flexibility index (Phi) is 5.04. The lowest BCUT2D eigenvalue weighted by Gasteiger charge is -2.26. The number of fused-ring (bicyclic) bond motifs is 1. The van der Waals surface area contributed by atoms with Crippen LogP contribution in [0.4, 0.5) is 0 Å². The van der Waals surface area contributed by atoms with Crippen LogP contribution in [0.3, 0.4) is 0 Å². The number of likely N-dealkylation sites (tertiary alicyclic amines) is 1. The summed E-state index contributed by atoms with van der Waals surface area (Å²) in [6.45, 7) is 5.66. The molecule has 5 nitrogen and oxygen atoms in total. The molecule has 0 saturated carbocycles. The number of rotatable bonds is 6. The smallest absolute Gasteiger partial charge is 0.178 e. The monoisotopic (exact) mass is 335 g/mol. The molecule has 1 aliphatic rings. The summed E-state index contributed by atoms with van der Waals surface area (Å²) < 4.78 is 0. The Morgan fingerprint density at radius 2 is 1.88 bits per heavy atom. The Morgan fingerprint density at radius 1 is 1.04 bits per heavy atom. The molecule has 1 aliphatic heterocycles. The maximum atomic E-state index is 4.55. The van der Waals surface area contributed by atoms with Gasteiger partial charge < -0.3 is 15.2 Å². The number of nitrogens with zero attached hydrogens (tertiary/aromatic N) is 3. The summed E-state index contributed by atoms with van der Waals surface area (Å²) >= 11 is 0. The van der Waals surface area contributed by atoms with Gasteiger partial charge in [-0.1, -0.05) is 30.7 Å². The number of hydrogen-bond acceptors (Lipinski definition) is 4. The molecule has 4 rings (SSSR count). The second kappa shape index (κ2) is 7.76. The van der Waals surface area contributed by atoms with Crippen LogP contribution < -0.4 is 5.32 Å². The highest BCUT2D eigenvalue weighted by Crippen LogP contribution is 2.19. The molecule has 130 valence electrons. The van der Waals surface area contributed by atoms with E-state index in [0.717, 1.165) is 42.2 Å². The summed E-state index contributed by atoms with van der Waals surface area (Å²) in [6, 6.07) is 12.5. The van der Waals surface area contributed by atoms with E-state index in [1.165, 1.54) is 37.9 Å². The van der Waals surface area contributed by atoms with Gasteiger partial charge in [0.15, 0.2) is 5.65 Å². The van der Waals surface area contributed by atoms with Gasteiger partial charge in [-0.2, -0.15) is 0 Å². The van der Waals surface area contributed by atoms with Crippen LogP contribution >= 0.6 is 0 Å². The topological polar surface area (TPSA) is 56.8 Å². The second-order valence-electron chi connectivity index (χ2n) is 6.74. The van der Waals surface area contributed by atoms with E-state index in [1.54, 1.807) is 6.20 Å². The van der Waals surface area contributed by atoms with Gasteiger partial charge in [-0.05, 0) is 43.6 Å². The van der Waals surface area contributed by atoms with E-state index in [2.05, 4.69) is 49.4 Å². The fourth-order valence-electron chi connectivity index (χ4n) is 3.42. The first-order chi connectivity index (χ1) is 12.4. The third-order valence-electron chi connectivity index (χ3n) is 4.87. The van der Waals surface area contributed by atoms with Gasteiger partial charge in [0.2, 0.25) is 0 Å². The van der Waals surface area contributed by atoms with Gasteiger partial charge in [0.25, 0.3) is 0 Å². The number of nitrogens with one attached hydrogen (secondary N) is 2. The maximum absolute atomic E-state index is 4.55. The molecule has 2 aromatic heterocycles. The summed E-state index contributed by atoms with van der Waals surface area (Å²) in [5.41, 5.74) is 4.13. The van der Waals surface area contributed by atoms with Crippen LogP contribution in [0.25, 0.3) is 22.6 Å². The highest BCUT2D eigenvalue weighted by molar-refractivity contribution is 5.75. The van der Waals surface area contributed by atoms with E-state index in [-0.39, 0.29) is 0 Å². The number of hydrogen-bond donors (Lipinski definition) is 2. The van der Waals surface area contributed by atoms with Gasteiger partial charge >= 0.3 is 0 Å². The number of imidazole rings is 1. The van der Waals surface area contributed by atoms with Crippen LogP contribution in [0.1, 0.15) is 24.8 Å². The van der Waals surface area contributed by atoms with E-state index in [0.29, 0.717) is 0 Å². The largest absolute Gasteiger partial charge is 0.337 e. The van der Waals surface area contributed by atoms with Gasteiger partial charge in [-0.25, -0.2) is 9.97 Å². The van der Waals surface area contributed by atoms with Crippen LogP contribution in [0, 0.1) is 0 Å². The summed E-state index contributed by atoms with van der Waals surface area (Å²) in [5.74, 6) is 0.873. The highest BCUT2D eigenvalue weighted by atomic mass is 15.1. The second-order valence-corrected chi connectivity index (χ2v) is 6.74.